The van der Waals surface area contributed by atoms with Crippen LogP contribution < -0.4 is 20.5 Å². The first-order chi connectivity index (χ1) is 16.1. The minimum atomic E-state index is -0.141. The van der Waals surface area contributed by atoms with Crippen molar-refractivity contribution < 1.29 is 9.47 Å². The number of morpholine rings is 1. The van der Waals surface area contributed by atoms with E-state index in [-0.39, 0.29) is 11.7 Å². The van der Waals surface area contributed by atoms with Gasteiger partial charge in [-0.1, -0.05) is 0 Å². The third-order valence-electron chi connectivity index (χ3n) is 6.48. The van der Waals surface area contributed by atoms with Gasteiger partial charge in [0.1, 0.15) is 11.3 Å². The second-order valence-electron chi connectivity index (χ2n) is 8.89. The summed E-state index contributed by atoms with van der Waals surface area (Å²) in [7, 11) is 1.77. The predicted molar refractivity (Wildman–Crippen MR) is 127 cm³/mol. The number of hydrogen-bond donors (Lipinski definition) is 1. The van der Waals surface area contributed by atoms with E-state index in [0.29, 0.717) is 25.2 Å². The smallest absolute Gasteiger partial charge is 0.269 e. The van der Waals surface area contributed by atoms with E-state index in [1.54, 1.807) is 11.6 Å². The fraction of sp³-hybridized carbons (Fsp3) is 0.500. The minimum absolute atomic E-state index is 0.0837. The Balaban J connectivity index is 1.34. The maximum absolute atomic E-state index is 12.3. The summed E-state index contributed by atoms with van der Waals surface area (Å²) < 4.78 is 13.7. The zero-order chi connectivity index (χ0) is 22.8. The van der Waals surface area contributed by atoms with Gasteiger partial charge in [0, 0.05) is 50.3 Å². The number of aryl methyl sites for hydroxylation is 2. The van der Waals surface area contributed by atoms with Gasteiger partial charge in [-0.2, -0.15) is 0 Å². The Hall–Kier alpha value is -3.20. The quantitative estimate of drug-likeness (QED) is 0.634. The first kappa shape index (κ1) is 21.6. The topological polar surface area (TPSA) is 94.4 Å². The molecule has 1 aliphatic heterocycles. The lowest BCUT2D eigenvalue weighted by Gasteiger charge is -2.31. The van der Waals surface area contributed by atoms with Crippen molar-refractivity contribution in [3.63, 3.8) is 0 Å². The summed E-state index contributed by atoms with van der Waals surface area (Å²) in [6.45, 7) is 5.05. The number of fused-ring (bicyclic) bond motifs is 1. The van der Waals surface area contributed by atoms with E-state index in [4.69, 9.17) is 9.47 Å². The van der Waals surface area contributed by atoms with E-state index < -0.39 is 0 Å². The minimum Gasteiger partial charge on any atom is -0.488 e. The zero-order valence-electron chi connectivity index (χ0n) is 19.2. The number of aromatic nitrogens is 4. The summed E-state index contributed by atoms with van der Waals surface area (Å²) in [4.78, 5) is 27.7. The van der Waals surface area contributed by atoms with Crippen molar-refractivity contribution in [1.29, 1.82) is 0 Å². The Labute approximate surface area is 192 Å². The summed E-state index contributed by atoms with van der Waals surface area (Å²) >= 11 is 0. The Morgan fingerprint density at radius 2 is 1.76 bits per heavy atom. The van der Waals surface area contributed by atoms with E-state index in [1.807, 2.05) is 25.4 Å². The first-order valence-corrected chi connectivity index (χ1v) is 11.6. The van der Waals surface area contributed by atoms with Crippen molar-refractivity contribution >= 4 is 22.7 Å². The van der Waals surface area contributed by atoms with Gasteiger partial charge in [-0.3, -0.25) is 4.79 Å². The molecule has 3 aromatic rings. The number of anilines is 2. The van der Waals surface area contributed by atoms with Crippen LogP contribution in [0.1, 0.15) is 31.2 Å². The SMILES string of the molecule is Cc1cnc(NC2CCC(Oc3cc(N4CCOCC4)cc4ncc(=O)n(C)c34)CC2)nc1. The first-order valence-electron chi connectivity index (χ1n) is 11.6. The normalized spacial score (nSPS) is 21.2. The number of benzene rings is 1. The molecule has 5 rings (SSSR count). The van der Waals surface area contributed by atoms with Crippen LogP contribution in [0.3, 0.4) is 0 Å². The van der Waals surface area contributed by atoms with Gasteiger partial charge in [0.15, 0.2) is 0 Å². The van der Waals surface area contributed by atoms with E-state index in [1.165, 1.54) is 6.20 Å². The third kappa shape index (κ3) is 4.78. The zero-order valence-corrected chi connectivity index (χ0v) is 19.2. The third-order valence-corrected chi connectivity index (χ3v) is 6.48. The van der Waals surface area contributed by atoms with Crippen molar-refractivity contribution in [1.82, 2.24) is 19.5 Å². The molecule has 0 bridgehead atoms. The molecule has 9 nitrogen and oxygen atoms in total. The van der Waals surface area contributed by atoms with Crippen LogP contribution in [-0.4, -0.2) is 58.0 Å². The number of ether oxygens (including phenoxy) is 2. The van der Waals surface area contributed by atoms with Crippen LogP contribution in [0.15, 0.2) is 35.5 Å². The molecule has 3 heterocycles. The molecule has 174 valence electrons. The molecule has 0 amide bonds. The summed E-state index contributed by atoms with van der Waals surface area (Å²) in [5.74, 6) is 1.40. The lowest BCUT2D eigenvalue weighted by atomic mass is 9.93. The molecule has 0 unspecified atom stereocenters. The standard InChI is InChI=1S/C24H30N6O3/c1-16-13-26-24(27-14-16)28-17-3-5-19(6-4-17)33-21-12-18(30-7-9-32-10-8-30)11-20-23(21)29(2)22(31)15-25-20/h11-15,17,19H,3-10H2,1-2H3,(H,26,27,28). The van der Waals surface area contributed by atoms with Crippen molar-refractivity contribution in [2.45, 2.75) is 44.8 Å². The predicted octanol–water partition coefficient (Wildman–Crippen LogP) is 2.67. The van der Waals surface area contributed by atoms with Gasteiger partial charge >= 0.3 is 0 Å². The van der Waals surface area contributed by atoms with Crippen LogP contribution in [-0.2, 0) is 11.8 Å². The van der Waals surface area contributed by atoms with E-state index in [2.05, 4.69) is 31.2 Å². The average Bonchev–Trinajstić information content (AvgIpc) is 2.84. The van der Waals surface area contributed by atoms with E-state index >= 15 is 0 Å². The van der Waals surface area contributed by atoms with E-state index in [0.717, 1.165) is 66.8 Å². The van der Waals surface area contributed by atoms with Crippen LogP contribution in [0.5, 0.6) is 5.75 Å². The van der Waals surface area contributed by atoms with Crippen LogP contribution in [0.2, 0.25) is 0 Å². The highest BCUT2D eigenvalue weighted by Gasteiger charge is 2.25. The van der Waals surface area contributed by atoms with Gasteiger partial charge in [-0.25, -0.2) is 15.0 Å². The molecular weight excluding hydrogens is 420 g/mol. The summed E-state index contributed by atoms with van der Waals surface area (Å²) in [6.07, 6.45) is 8.89. The fourth-order valence-electron chi connectivity index (χ4n) is 4.58. The maximum Gasteiger partial charge on any atom is 0.269 e. The average molecular weight is 451 g/mol. The van der Waals surface area contributed by atoms with Crippen LogP contribution in [0.25, 0.3) is 11.0 Å². The number of nitrogens with zero attached hydrogens (tertiary/aromatic N) is 5. The highest BCUT2D eigenvalue weighted by atomic mass is 16.5. The Morgan fingerprint density at radius 1 is 1.03 bits per heavy atom. The summed E-state index contributed by atoms with van der Waals surface area (Å²) in [6, 6.07) is 4.42. The molecule has 33 heavy (non-hydrogen) atoms. The van der Waals surface area contributed by atoms with Crippen LogP contribution >= 0.6 is 0 Å². The molecule has 2 aliphatic rings. The van der Waals surface area contributed by atoms with Gasteiger partial charge in [-0.05, 0) is 44.2 Å². The molecule has 9 heteroatoms. The molecule has 2 fully saturated rings. The summed E-state index contributed by atoms with van der Waals surface area (Å²) in [5, 5.41) is 3.44. The molecular formula is C24H30N6O3. The molecule has 1 saturated heterocycles. The van der Waals surface area contributed by atoms with Gasteiger partial charge in [0.2, 0.25) is 5.95 Å². The maximum atomic E-state index is 12.3. The molecule has 0 radical (unpaired) electrons. The summed E-state index contributed by atoms with van der Waals surface area (Å²) in [5.41, 5.74) is 3.47. The van der Waals surface area contributed by atoms with Crippen molar-refractivity contribution in [3.8, 4) is 5.75 Å². The van der Waals surface area contributed by atoms with Crippen LogP contribution in [0, 0.1) is 6.92 Å². The monoisotopic (exact) mass is 450 g/mol. The Kier molecular flexibility index (Phi) is 6.13. The Bertz CT molecular complexity index is 1170. The van der Waals surface area contributed by atoms with Gasteiger partial charge in [0.05, 0.1) is 31.0 Å². The molecule has 2 aromatic heterocycles. The highest BCUT2D eigenvalue weighted by Crippen LogP contribution is 2.33. The molecule has 1 N–H and O–H groups in total. The van der Waals surface area contributed by atoms with Crippen molar-refractivity contribution in [3.05, 3.63) is 46.6 Å². The van der Waals surface area contributed by atoms with Gasteiger partial charge < -0.3 is 24.3 Å². The van der Waals surface area contributed by atoms with Gasteiger partial charge in [0.25, 0.3) is 5.56 Å². The molecule has 0 atom stereocenters. The lowest BCUT2D eigenvalue weighted by molar-refractivity contribution is 0.122. The molecule has 0 spiro atoms. The highest BCUT2D eigenvalue weighted by molar-refractivity contribution is 5.85. The number of hydrogen-bond acceptors (Lipinski definition) is 8. The largest absolute Gasteiger partial charge is 0.488 e. The van der Waals surface area contributed by atoms with Gasteiger partial charge in [-0.15, -0.1) is 0 Å². The molecule has 1 aromatic carbocycles. The number of nitrogens with one attached hydrogen (secondary N) is 1. The number of rotatable bonds is 5. The Morgan fingerprint density at radius 3 is 2.48 bits per heavy atom. The van der Waals surface area contributed by atoms with Crippen LogP contribution in [0.4, 0.5) is 11.6 Å². The molecule has 1 saturated carbocycles. The molecule has 1 aliphatic carbocycles. The van der Waals surface area contributed by atoms with E-state index in [9.17, 15) is 4.79 Å². The van der Waals surface area contributed by atoms with Crippen molar-refractivity contribution in [2.75, 3.05) is 36.5 Å². The second-order valence-corrected chi connectivity index (χ2v) is 8.89. The van der Waals surface area contributed by atoms with Crippen molar-refractivity contribution in [2.24, 2.45) is 7.05 Å². The fourth-order valence-corrected chi connectivity index (χ4v) is 4.58. The lowest BCUT2D eigenvalue weighted by Crippen LogP contribution is -2.36. The second kappa shape index (κ2) is 9.35.